The van der Waals surface area contributed by atoms with Crippen molar-refractivity contribution >= 4 is 0 Å². The van der Waals surface area contributed by atoms with Gasteiger partial charge < -0.3 is 9.88 Å². The number of nitrogens with zero attached hydrogens (tertiary/aromatic N) is 2. The summed E-state index contributed by atoms with van der Waals surface area (Å²) in [6.07, 6.45) is 9.66. The van der Waals surface area contributed by atoms with E-state index in [9.17, 15) is 0 Å². The first-order valence-electron chi connectivity index (χ1n) is 6.87. The highest BCUT2D eigenvalue weighted by molar-refractivity contribution is 5.00. The largest absolute Gasteiger partial charge is 0.337 e. The number of aromatic nitrogens is 2. The Hall–Kier alpha value is -0.830. The fourth-order valence-electron chi connectivity index (χ4n) is 2.47. The standard InChI is InChI=1S/C14H25N3/c1-4-5-14(6-7-14)10-17-9-13(16-11-17)8-15-12(2)3/h9,11-12,15H,4-8,10H2,1-3H3. The van der Waals surface area contributed by atoms with Gasteiger partial charge in [-0.1, -0.05) is 27.2 Å². The molecule has 0 saturated heterocycles. The van der Waals surface area contributed by atoms with Crippen LogP contribution in [0, 0.1) is 5.41 Å². The first-order valence-corrected chi connectivity index (χ1v) is 6.87. The molecule has 0 radical (unpaired) electrons. The maximum Gasteiger partial charge on any atom is 0.0950 e. The molecule has 1 aromatic rings. The molecule has 1 aromatic heterocycles. The van der Waals surface area contributed by atoms with Crippen LogP contribution >= 0.6 is 0 Å². The lowest BCUT2D eigenvalue weighted by molar-refractivity contribution is 0.388. The zero-order valence-electron chi connectivity index (χ0n) is 11.4. The molecule has 17 heavy (non-hydrogen) atoms. The summed E-state index contributed by atoms with van der Waals surface area (Å²) in [7, 11) is 0. The summed E-state index contributed by atoms with van der Waals surface area (Å²) in [6, 6.07) is 0.523. The van der Waals surface area contributed by atoms with Crippen LogP contribution in [0.5, 0.6) is 0 Å². The van der Waals surface area contributed by atoms with Crippen LogP contribution in [-0.4, -0.2) is 15.6 Å². The molecule has 3 heteroatoms. The molecule has 1 heterocycles. The Labute approximate surface area is 105 Å². The van der Waals surface area contributed by atoms with Gasteiger partial charge in [0.1, 0.15) is 0 Å². The third-order valence-corrected chi connectivity index (χ3v) is 3.63. The van der Waals surface area contributed by atoms with Crippen LogP contribution in [0.2, 0.25) is 0 Å². The van der Waals surface area contributed by atoms with Crippen LogP contribution in [0.3, 0.4) is 0 Å². The molecule has 96 valence electrons. The first-order chi connectivity index (χ1) is 8.13. The van der Waals surface area contributed by atoms with Crippen molar-refractivity contribution in [3.8, 4) is 0 Å². The van der Waals surface area contributed by atoms with Crippen LogP contribution < -0.4 is 5.32 Å². The van der Waals surface area contributed by atoms with Gasteiger partial charge in [0.2, 0.25) is 0 Å². The molecule has 0 aromatic carbocycles. The Balaban J connectivity index is 1.86. The molecule has 1 aliphatic rings. The lowest BCUT2D eigenvalue weighted by Gasteiger charge is -2.14. The minimum absolute atomic E-state index is 0.523. The number of imidazole rings is 1. The molecule has 1 saturated carbocycles. The molecule has 0 unspecified atom stereocenters. The molecule has 0 amide bonds. The van der Waals surface area contributed by atoms with E-state index in [4.69, 9.17) is 0 Å². The van der Waals surface area contributed by atoms with Gasteiger partial charge in [-0.15, -0.1) is 0 Å². The second-order valence-electron chi connectivity index (χ2n) is 5.82. The Morgan fingerprint density at radius 3 is 2.82 bits per heavy atom. The van der Waals surface area contributed by atoms with Crippen molar-refractivity contribution < 1.29 is 0 Å². The van der Waals surface area contributed by atoms with Crippen molar-refractivity contribution in [3.05, 3.63) is 18.2 Å². The van der Waals surface area contributed by atoms with Crippen LogP contribution in [0.1, 0.15) is 52.1 Å². The third-order valence-electron chi connectivity index (χ3n) is 3.63. The van der Waals surface area contributed by atoms with Gasteiger partial charge in [-0.3, -0.25) is 0 Å². The van der Waals surface area contributed by atoms with Gasteiger partial charge in [0.15, 0.2) is 0 Å². The summed E-state index contributed by atoms with van der Waals surface area (Å²) >= 11 is 0. The van der Waals surface area contributed by atoms with Crippen LogP contribution in [0.25, 0.3) is 0 Å². The van der Waals surface area contributed by atoms with Gasteiger partial charge >= 0.3 is 0 Å². The quantitative estimate of drug-likeness (QED) is 0.787. The monoisotopic (exact) mass is 235 g/mol. The van der Waals surface area contributed by atoms with Gasteiger partial charge in [0.05, 0.1) is 12.0 Å². The Bertz CT molecular complexity index is 350. The number of hydrogen-bond donors (Lipinski definition) is 1. The molecular weight excluding hydrogens is 210 g/mol. The second-order valence-corrected chi connectivity index (χ2v) is 5.82. The van der Waals surface area contributed by atoms with Gasteiger partial charge in [-0.05, 0) is 24.7 Å². The van der Waals surface area contributed by atoms with E-state index < -0.39 is 0 Å². The summed E-state index contributed by atoms with van der Waals surface area (Å²) in [5, 5.41) is 3.40. The zero-order valence-corrected chi connectivity index (χ0v) is 11.4. The molecule has 1 N–H and O–H groups in total. The molecule has 1 aliphatic carbocycles. The molecule has 0 spiro atoms. The maximum absolute atomic E-state index is 4.46. The topological polar surface area (TPSA) is 29.9 Å². The Morgan fingerprint density at radius 2 is 2.24 bits per heavy atom. The van der Waals surface area contributed by atoms with E-state index in [1.54, 1.807) is 0 Å². The predicted octanol–water partition coefficient (Wildman–Crippen LogP) is 2.96. The Morgan fingerprint density at radius 1 is 1.47 bits per heavy atom. The molecule has 0 atom stereocenters. The second kappa shape index (κ2) is 5.21. The summed E-state index contributed by atoms with van der Waals surface area (Å²) < 4.78 is 2.28. The normalized spacial score (nSPS) is 17.6. The fourth-order valence-corrected chi connectivity index (χ4v) is 2.47. The highest BCUT2D eigenvalue weighted by atomic mass is 15.1. The van der Waals surface area contributed by atoms with E-state index in [1.165, 1.54) is 25.7 Å². The highest BCUT2D eigenvalue weighted by Crippen LogP contribution is 2.50. The first kappa shape index (κ1) is 12.6. The number of nitrogens with one attached hydrogen (secondary N) is 1. The summed E-state index contributed by atoms with van der Waals surface area (Å²) in [5.41, 5.74) is 1.77. The van der Waals surface area contributed by atoms with Crippen molar-refractivity contribution in [2.75, 3.05) is 0 Å². The summed E-state index contributed by atoms with van der Waals surface area (Å²) in [5.74, 6) is 0. The van der Waals surface area contributed by atoms with Crippen LogP contribution in [0.4, 0.5) is 0 Å². The van der Waals surface area contributed by atoms with E-state index in [0.29, 0.717) is 11.5 Å². The smallest absolute Gasteiger partial charge is 0.0950 e. The molecule has 0 aliphatic heterocycles. The van der Waals surface area contributed by atoms with Crippen molar-refractivity contribution in [1.29, 1.82) is 0 Å². The molecule has 0 bridgehead atoms. The van der Waals surface area contributed by atoms with Gasteiger partial charge in [0, 0.05) is 25.3 Å². The molecule has 1 fully saturated rings. The molecule has 2 rings (SSSR count). The summed E-state index contributed by atoms with van der Waals surface area (Å²) in [6.45, 7) is 8.65. The average molecular weight is 235 g/mol. The lowest BCUT2D eigenvalue weighted by atomic mass is 10.0. The maximum atomic E-state index is 4.46. The van der Waals surface area contributed by atoms with Crippen molar-refractivity contribution in [2.45, 2.75) is 65.6 Å². The molecule has 3 nitrogen and oxygen atoms in total. The minimum Gasteiger partial charge on any atom is -0.337 e. The van der Waals surface area contributed by atoms with E-state index >= 15 is 0 Å². The Kier molecular flexibility index (Phi) is 3.87. The number of hydrogen-bond acceptors (Lipinski definition) is 2. The zero-order chi connectivity index (χ0) is 12.3. The SMILES string of the molecule is CCCC1(Cn2cnc(CNC(C)C)c2)CC1. The molecular formula is C14H25N3. The summed E-state index contributed by atoms with van der Waals surface area (Å²) in [4.78, 5) is 4.46. The van der Waals surface area contributed by atoms with Crippen LogP contribution in [-0.2, 0) is 13.1 Å². The van der Waals surface area contributed by atoms with Crippen molar-refractivity contribution in [2.24, 2.45) is 5.41 Å². The van der Waals surface area contributed by atoms with Crippen molar-refractivity contribution in [3.63, 3.8) is 0 Å². The fraction of sp³-hybridized carbons (Fsp3) is 0.786. The van der Waals surface area contributed by atoms with E-state index in [-0.39, 0.29) is 0 Å². The third kappa shape index (κ3) is 3.56. The van der Waals surface area contributed by atoms with Gasteiger partial charge in [-0.25, -0.2) is 4.98 Å². The van der Waals surface area contributed by atoms with E-state index in [1.807, 2.05) is 6.33 Å². The minimum atomic E-state index is 0.523. The van der Waals surface area contributed by atoms with E-state index in [2.05, 4.69) is 41.8 Å². The highest BCUT2D eigenvalue weighted by Gasteiger charge is 2.41. The van der Waals surface area contributed by atoms with Crippen LogP contribution in [0.15, 0.2) is 12.5 Å². The lowest BCUT2D eigenvalue weighted by Crippen LogP contribution is -2.22. The predicted molar refractivity (Wildman–Crippen MR) is 70.8 cm³/mol. The number of rotatable bonds is 7. The van der Waals surface area contributed by atoms with Gasteiger partial charge in [-0.2, -0.15) is 0 Å². The van der Waals surface area contributed by atoms with Gasteiger partial charge in [0.25, 0.3) is 0 Å². The van der Waals surface area contributed by atoms with Crippen molar-refractivity contribution in [1.82, 2.24) is 14.9 Å². The average Bonchev–Trinajstić information content (AvgIpc) is 2.87. The van der Waals surface area contributed by atoms with E-state index in [0.717, 1.165) is 18.8 Å².